The predicted octanol–water partition coefficient (Wildman–Crippen LogP) is 3.29. The van der Waals surface area contributed by atoms with Crippen LogP contribution in [0.1, 0.15) is 30.6 Å². The molecule has 0 amide bonds. The zero-order chi connectivity index (χ0) is 13.1. The Hall–Kier alpha value is -1.26. The number of nitrogens with zero attached hydrogens (tertiary/aromatic N) is 2. The smallest absolute Gasteiger partial charge is 0.0987 e. The van der Waals surface area contributed by atoms with Crippen LogP contribution in [0.15, 0.2) is 40.3 Å². The molecule has 0 aliphatic carbocycles. The molecule has 96 valence electrons. The number of rotatable bonds is 4. The van der Waals surface area contributed by atoms with Crippen LogP contribution in [0.3, 0.4) is 0 Å². The van der Waals surface area contributed by atoms with Gasteiger partial charge in [-0.05, 0) is 31.0 Å². The van der Waals surface area contributed by atoms with Gasteiger partial charge in [-0.2, -0.15) is 5.10 Å². The van der Waals surface area contributed by atoms with Gasteiger partial charge in [-0.1, -0.05) is 36.9 Å². The molecule has 1 aromatic heterocycles. The van der Waals surface area contributed by atoms with Crippen molar-refractivity contribution >= 4 is 11.8 Å². The van der Waals surface area contributed by atoms with Crippen LogP contribution in [0.25, 0.3) is 0 Å². The molecular weight excluding hydrogens is 242 g/mol. The van der Waals surface area contributed by atoms with Gasteiger partial charge in [-0.3, -0.25) is 4.68 Å². The summed E-state index contributed by atoms with van der Waals surface area (Å²) in [7, 11) is 1.97. The molecule has 1 aromatic carbocycles. The highest BCUT2D eigenvalue weighted by molar-refractivity contribution is 7.99. The number of hydrogen-bond acceptors (Lipinski definition) is 3. The predicted molar refractivity (Wildman–Crippen MR) is 75.7 cm³/mol. The number of hydrogen-bond donors (Lipinski definition) is 1. The van der Waals surface area contributed by atoms with Crippen molar-refractivity contribution in [3.63, 3.8) is 0 Å². The van der Waals surface area contributed by atoms with Gasteiger partial charge >= 0.3 is 0 Å². The van der Waals surface area contributed by atoms with Crippen LogP contribution >= 0.6 is 11.8 Å². The van der Waals surface area contributed by atoms with Gasteiger partial charge in [0.15, 0.2) is 0 Å². The van der Waals surface area contributed by atoms with Gasteiger partial charge in [0, 0.05) is 18.0 Å². The molecule has 0 fully saturated rings. The van der Waals surface area contributed by atoms with E-state index in [1.807, 2.05) is 24.7 Å². The highest BCUT2D eigenvalue weighted by Crippen LogP contribution is 2.33. The molecule has 2 rings (SSSR count). The zero-order valence-electron chi connectivity index (χ0n) is 11.1. The molecule has 1 atom stereocenters. The lowest BCUT2D eigenvalue weighted by Gasteiger charge is -2.14. The summed E-state index contributed by atoms with van der Waals surface area (Å²) in [5, 5.41) is 5.51. The van der Waals surface area contributed by atoms with Crippen LogP contribution in [0.2, 0.25) is 0 Å². The van der Waals surface area contributed by atoms with E-state index in [0.717, 1.165) is 17.1 Å². The Morgan fingerprint density at radius 2 is 2.11 bits per heavy atom. The molecule has 4 heteroatoms. The Labute approximate surface area is 112 Å². The van der Waals surface area contributed by atoms with Crippen molar-refractivity contribution in [2.45, 2.75) is 36.2 Å². The quantitative estimate of drug-likeness (QED) is 0.918. The third-order valence-corrected chi connectivity index (χ3v) is 4.11. The maximum absolute atomic E-state index is 6.16. The average Bonchev–Trinajstić information content (AvgIpc) is 2.67. The minimum atomic E-state index is 0.100. The molecule has 0 unspecified atom stereocenters. The van der Waals surface area contributed by atoms with Gasteiger partial charge in [0.2, 0.25) is 0 Å². The average molecular weight is 261 g/mol. The van der Waals surface area contributed by atoms with Crippen molar-refractivity contribution in [3.05, 3.63) is 41.6 Å². The van der Waals surface area contributed by atoms with Gasteiger partial charge in [-0.25, -0.2) is 0 Å². The van der Waals surface area contributed by atoms with Crippen LogP contribution < -0.4 is 5.73 Å². The molecule has 0 bridgehead atoms. The fourth-order valence-corrected chi connectivity index (χ4v) is 3.01. The van der Waals surface area contributed by atoms with E-state index >= 15 is 0 Å². The van der Waals surface area contributed by atoms with Crippen LogP contribution in [0.5, 0.6) is 0 Å². The third-order valence-electron chi connectivity index (χ3n) is 2.93. The number of nitrogens with two attached hydrogens (primary N) is 1. The summed E-state index contributed by atoms with van der Waals surface area (Å²) in [6.45, 7) is 4.12. The molecule has 0 aliphatic rings. The topological polar surface area (TPSA) is 43.8 Å². The summed E-state index contributed by atoms with van der Waals surface area (Å²) in [5.74, 6) is 0. The van der Waals surface area contributed by atoms with Crippen molar-refractivity contribution in [2.24, 2.45) is 12.8 Å². The summed E-state index contributed by atoms with van der Waals surface area (Å²) in [4.78, 5) is 1.22. The maximum Gasteiger partial charge on any atom is 0.0987 e. The number of aromatic nitrogens is 2. The van der Waals surface area contributed by atoms with Gasteiger partial charge in [0.1, 0.15) is 0 Å². The summed E-state index contributed by atoms with van der Waals surface area (Å²) in [5.41, 5.74) is 8.41. The SMILES string of the molecule is CC[C@@H](N)c1ccccc1Sc1cc(C)nn1C. The molecule has 2 N–H and O–H groups in total. The lowest BCUT2D eigenvalue weighted by Crippen LogP contribution is -2.09. The monoisotopic (exact) mass is 261 g/mol. The second kappa shape index (κ2) is 5.59. The highest BCUT2D eigenvalue weighted by Gasteiger charge is 2.11. The summed E-state index contributed by atoms with van der Waals surface area (Å²) >= 11 is 1.73. The first-order chi connectivity index (χ1) is 8.61. The van der Waals surface area contributed by atoms with E-state index in [-0.39, 0.29) is 6.04 Å². The Bertz CT molecular complexity index is 534. The van der Waals surface area contributed by atoms with E-state index in [0.29, 0.717) is 0 Å². The molecule has 1 heterocycles. The second-order valence-corrected chi connectivity index (χ2v) is 5.46. The highest BCUT2D eigenvalue weighted by atomic mass is 32.2. The fraction of sp³-hybridized carbons (Fsp3) is 0.357. The Morgan fingerprint density at radius 1 is 1.39 bits per heavy atom. The molecule has 0 saturated carbocycles. The van der Waals surface area contributed by atoms with Crippen molar-refractivity contribution in [3.8, 4) is 0 Å². The Morgan fingerprint density at radius 3 is 2.72 bits per heavy atom. The van der Waals surface area contributed by atoms with Crippen LogP contribution in [-0.2, 0) is 7.05 Å². The fourth-order valence-electron chi connectivity index (χ4n) is 1.89. The van der Waals surface area contributed by atoms with Crippen LogP contribution in [0, 0.1) is 6.92 Å². The Balaban J connectivity index is 2.31. The molecular formula is C14H19N3S. The van der Waals surface area contributed by atoms with E-state index in [1.54, 1.807) is 11.8 Å². The minimum absolute atomic E-state index is 0.100. The van der Waals surface area contributed by atoms with Gasteiger partial charge in [-0.15, -0.1) is 0 Å². The van der Waals surface area contributed by atoms with E-state index < -0.39 is 0 Å². The Kier molecular flexibility index (Phi) is 4.09. The molecule has 3 nitrogen and oxygen atoms in total. The van der Waals surface area contributed by atoms with Gasteiger partial charge in [0.05, 0.1) is 10.7 Å². The van der Waals surface area contributed by atoms with Gasteiger partial charge in [0.25, 0.3) is 0 Å². The minimum Gasteiger partial charge on any atom is -0.324 e. The van der Waals surface area contributed by atoms with E-state index in [9.17, 15) is 0 Å². The van der Waals surface area contributed by atoms with E-state index in [2.05, 4.69) is 36.3 Å². The summed E-state index contributed by atoms with van der Waals surface area (Å²) in [6.07, 6.45) is 0.946. The molecule has 0 saturated heterocycles. The maximum atomic E-state index is 6.16. The molecule has 0 spiro atoms. The number of aryl methyl sites for hydroxylation is 2. The lowest BCUT2D eigenvalue weighted by atomic mass is 10.1. The molecule has 0 radical (unpaired) electrons. The van der Waals surface area contributed by atoms with Crippen LogP contribution in [0.4, 0.5) is 0 Å². The van der Waals surface area contributed by atoms with Crippen LogP contribution in [-0.4, -0.2) is 9.78 Å². The van der Waals surface area contributed by atoms with Crippen molar-refractivity contribution < 1.29 is 0 Å². The first-order valence-electron chi connectivity index (χ1n) is 6.14. The van der Waals surface area contributed by atoms with Gasteiger partial charge < -0.3 is 5.73 Å². The third kappa shape index (κ3) is 2.76. The lowest BCUT2D eigenvalue weighted by molar-refractivity contribution is 0.681. The largest absolute Gasteiger partial charge is 0.324 e. The molecule has 0 aliphatic heterocycles. The van der Waals surface area contributed by atoms with Crippen molar-refractivity contribution in [2.75, 3.05) is 0 Å². The zero-order valence-corrected chi connectivity index (χ0v) is 11.9. The molecule has 2 aromatic rings. The van der Waals surface area contributed by atoms with Crippen molar-refractivity contribution in [1.82, 2.24) is 9.78 Å². The second-order valence-electron chi connectivity index (χ2n) is 4.40. The van der Waals surface area contributed by atoms with Crippen molar-refractivity contribution in [1.29, 1.82) is 0 Å². The molecule has 18 heavy (non-hydrogen) atoms. The van der Waals surface area contributed by atoms with E-state index in [1.165, 1.54) is 10.5 Å². The summed E-state index contributed by atoms with van der Waals surface area (Å²) < 4.78 is 1.91. The summed E-state index contributed by atoms with van der Waals surface area (Å²) in [6, 6.07) is 10.5. The standard InChI is InChI=1S/C14H19N3S/c1-4-12(15)11-7-5-6-8-13(11)18-14-9-10(2)16-17(14)3/h5-9,12H,4,15H2,1-3H3/t12-/m1/s1. The first kappa shape index (κ1) is 13.2. The first-order valence-corrected chi connectivity index (χ1v) is 6.96. The van der Waals surface area contributed by atoms with E-state index in [4.69, 9.17) is 5.73 Å². The number of benzene rings is 1. The normalized spacial score (nSPS) is 12.7.